The molecule has 5 rings (SSSR count). The molecule has 3 heterocycles. The Morgan fingerprint density at radius 2 is 1.74 bits per heavy atom. The first-order valence-corrected chi connectivity index (χ1v) is 10.9. The minimum Gasteiger partial charge on any atom is -0.395 e. The van der Waals surface area contributed by atoms with Crippen LogP contribution in [0, 0.1) is 0 Å². The molecule has 0 aliphatic carbocycles. The van der Waals surface area contributed by atoms with Crippen molar-refractivity contribution >= 4 is 16.8 Å². The number of benzene rings is 2. The topological polar surface area (TPSA) is 117 Å². The largest absolute Gasteiger partial charge is 0.395 e. The van der Waals surface area contributed by atoms with Gasteiger partial charge in [-0.3, -0.25) is 9.78 Å². The molecule has 8 heteroatoms. The Hall–Kier alpha value is -4.43. The maximum absolute atomic E-state index is 12.2. The molecule has 3 N–H and O–H groups in total. The molecule has 1 amide bonds. The third kappa shape index (κ3) is 4.39. The third-order valence-corrected chi connectivity index (χ3v) is 5.51. The maximum atomic E-state index is 12.2. The van der Waals surface area contributed by atoms with Crippen LogP contribution in [0.25, 0.3) is 33.4 Å². The van der Waals surface area contributed by atoms with Crippen molar-refractivity contribution in [2.45, 2.75) is 6.42 Å². The van der Waals surface area contributed by atoms with Gasteiger partial charge in [0.2, 0.25) is 0 Å². The van der Waals surface area contributed by atoms with Crippen molar-refractivity contribution in [3.8, 4) is 22.5 Å². The Bertz CT molecular complexity index is 1430. The minimum atomic E-state index is -0.239. The van der Waals surface area contributed by atoms with E-state index in [4.69, 9.17) is 10.1 Å². The zero-order valence-electron chi connectivity index (χ0n) is 18.3. The second-order valence-corrected chi connectivity index (χ2v) is 7.76. The van der Waals surface area contributed by atoms with Crippen molar-refractivity contribution in [3.05, 3.63) is 96.2 Å². The maximum Gasteiger partial charge on any atom is 0.251 e. The zero-order valence-corrected chi connectivity index (χ0v) is 18.3. The number of aromatic amines is 1. The first-order valence-electron chi connectivity index (χ1n) is 10.9. The number of aromatic nitrogens is 5. The number of nitrogens with zero attached hydrogens (tertiary/aromatic N) is 4. The van der Waals surface area contributed by atoms with E-state index in [1.54, 1.807) is 24.5 Å². The summed E-state index contributed by atoms with van der Waals surface area (Å²) in [4.78, 5) is 24.4. The molecule has 0 fully saturated rings. The van der Waals surface area contributed by atoms with E-state index in [0.717, 1.165) is 33.3 Å². The molecule has 0 saturated heterocycles. The molecule has 0 spiro atoms. The van der Waals surface area contributed by atoms with Crippen molar-refractivity contribution in [3.63, 3.8) is 0 Å². The number of aliphatic hydroxyl groups is 1. The molecule has 2 aromatic carbocycles. The molecule has 8 nitrogen and oxygen atoms in total. The number of carbonyl (C=O) groups is 1. The number of aliphatic hydroxyl groups excluding tert-OH is 1. The number of carbonyl (C=O) groups excluding carboxylic acids is 1. The highest BCUT2D eigenvalue weighted by molar-refractivity contribution is 5.94. The van der Waals surface area contributed by atoms with Crippen LogP contribution < -0.4 is 5.32 Å². The lowest BCUT2D eigenvalue weighted by molar-refractivity contribution is 0.0945. The van der Waals surface area contributed by atoms with E-state index in [0.29, 0.717) is 23.5 Å². The summed E-state index contributed by atoms with van der Waals surface area (Å²) in [7, 11) is 0. The van der Waals surface area contributed by atoms with Crippen LogP contribution in [0.4, 0.5) is 0 Å². The van der Waals surface area contributed by atoms with Gasteiger partial charge in [0.05, 0.1) is 18.3 Å². The highest BCUT2D eigenvalue weighted by Gasteiger charge is 2.16. The number of rotatable bonds is 7. The van der Waals surface area contributed by atoms with Gasteiger partial charge in [-0.2, -0.15) is 0 Å². The van der Waals surface area contributed by atoms with Crippen LogP contribution in [0.1, 0.15) is 21.7 Å². The van der Waals surface area contributed by atoms with E-state index in [9.17, 15) is 4.79 Å². The summed E-state index contributed by atoms with van der Waals surface area (Å²) in [6.45, 7) is 0.107. The predicted molar refractivity (Wildman–Crippen MR) is 129 cm³/mol. The summed E-state index contributed by atoms with van der Waals surface area (Å²) in [5.74, 6) is 0.373. The molecule has 0 atom stereocenters. The molecule has 0 aliphatic heterocycles. The lowest BCUT2D eigenvalue weighted by Crippen LogP contribution is -2.26. The average molecular weight is 451 g/mol. The average Bonchev–Trinajstić information content (AvgIpc) is 3.30. The number of H-pyrrole nitrogens is 1. The Kier molecular flexibility index (Phi) is 6.05. The SMILES string of the molecule is O=C(NCCO)c1ccc(-c2nnc(Cc3c[nH]c4cnccc34)nc2-c2ccccc2)cc1. The number of pyridine rings is 1. The van der Waals surface area contributed by atoms with Gasteiger partial charge in [0, 0.05) is 47.4 Å². The number of fused-ring (bicyclic) bond motifs is 1. The standard InChI is InChI=1S/C26H22N6O2/c33-13-12-28-26(34)19-8-6-18(7-9-19)25-24(17-4-2-1-3-5-17)30-23(31-32-25)14-20-15-29-22-16-27-11-10-21(20)22/h1-11,15-16,29,33H,12-14H2,(H,28,34). The number of nitrogens with one attached hydrogen (secondary N) is 2. The van der Waals surface area contributed by atoms with Gasteiger partial charge in [-0.25, -0.2) is 4.98 Å². The Morgan fingerprint density at radius 1 is 0.941 bits per heavy atom. The smallest absolute Gasteiger partial charge is 0.251 e. The number of hydrogen-bond donors (Lipinski definition) is 3. The van der Waals surface area contributed by atoms with Crippen molar-refractivity contribution < 1.29 is 9.90 Å². The lowest BCUT2D eigenvalue weighted by atomic mass is 10.0. The van der Waals surface area contributed by atoms with Gasteiger partial charge >= 0.3 is 0 Å². The van der Waals surface area contributed by atoms with Gasteiger partial charge in [-0.15, -0.1) is 10.2 Å². The second kappa shape index (κ2) is 9.60. The third-order valence-electron chi connectivity index (χ3n) is 5.51. The fraction of sp³-hybridized carbons (Fsp3) is 0.115. The highest BCUT2D eigenvalue weighted by Crippen LogP contribution is 2.29. The first-order chi connectivity index (χ1) is 16.7. The molecule has 3 aromatic heterocycles. The van der Waals surface area contributed by atoms with E-state index in [1.807, 2.05) is 54.7 Å². The summed E-state index contributed by atoms with van der Waals surface area (Å²) >= 11 is 0. The predicted octanol–water partition coefficient (Wildman–Crippen LogP) is 3.39. The number of hydrogen-bond acceptors (Lipinski definition) is 6. The summed E-state index contributed by atoms with van der Waals surface area (Å²) in [6.07, 6.45) is 6.04. The minimum absolute atomic E-state index is 0.104. The molecular formula is C26H22N6O2. The van der Waals surface area contributed by atoms with E-state index in [2.05, 4.69) is 25.5 Å². The van der Waals surface area contributed by atoms with Crippen molar-refractivity contribution in [2.75, 3.05) is 13.2 Å². The summed E-state index contributed by atoms with van der Waals surface area (Å²) in [5, 5.41) is 21.6. The van der Waals surface area contributed by atoms with E-state index < -0.39 is 0 Å². The van der Waals surface area contributed by atoms with Gasteiger partial charge in [-0.1, -0.05) is 42.5 Å². The summed E-state index contributed by atoms with van der Waals surface area (Å²) in [6, 6.07) is 19.0. The van der Waals surface area contributed by atoms with E-state index >= 15 is 0 Å². The van der Waals surface area contributed by atoms with Gasteiger partial charge in [0.25, 0.3) is 5.91 Å². The van der Waals surface area contributed by atoms with Crippen LogP contribution in [-0.4, -0.2) is 49.3 Å². The molecule has 168 valence electrons. The van der Waals surface area contributed by atoms with Crippen LogP contribution in [0.15, 0.2) is 79.3 Å². The monoisotopic (exact) mass is 450 g/mol. The quantitative estimate of drug-likeness (QED) is 0.350. The fourth-order valence-electron chi connectivity index (χ4n) is 3.83. The Morgan fingerprint density at radius 3 is 2.53 bits per heavy atom. The Balaban J connectivity index is 1.51. The van der Waals surface area contributed by atoms with Crippen LogP contribution >= 0.6 is 0 Å². The van der Waals surface area contributed by atoms with Crippen molar-refractivity contribution in [2.24, 2.45) is 0 Å². The summed E-state index contributed by atoms with van der Waals surface area (Å²) in [5.41, 5.74) is 5.65. The lowest BCUT2D eigenvalue weighted by Gasteiger charge is -2.10. The van der Waals surface area contributed by atoms with Crippen molar-refractivity contribution in [1.29, 1.82) is 0 Å². The van der Waals surface area contributed by atoms with Gasteiger partial charge < -0.3 is 15.4 Å². The van der Waals surface area contributed by atoms with Gasteiger partial charge in [0.1, 0.15) is 11.4 Å². The van der Waals surface area contributed by atoms with Crippen LogP contribution in [-0.2, 0) is 6.42 Å². The van der Waals surface area contributed by atoms with Crippen LogP contribution in [0.3, 0.4) is 0 Å². The van der Waals surface area contributed by atoms with Gasteiger partial charge in [-0.05, 0) is 23.8 Å². The fourth-order valence-corrected chi connectivity index (χ4v) is 3.83. The Labute approximate surface area is 195 Å². The second-order valence-electron chi connectivity index (χ2n) is 7.76. The molecule has 0 saturated carbocycles. The van der Waals surface area contributed by atoms with Crippen LogP contribution in [0.5, 0.6) is 0 Å². The molecule has 0 unspecified atom stereocenters. The number of amides is 1. The molecular weight excluding hydrogens is 428 g/mol. The van der Waals surface area contributed by atoms with Crippen molar-refractivity contribution in [1.82, 2.24) is 30.5 Å². The molecule has 0 radical (unpaired) electrons. The molecule has 34 heavy (non-hydrogen) atoms. The summed E-state index contributed by atoms with van der Waals surface area (Å²) < 4.78 is 0. The van der Waals surface area contributed by atoms with E-state index in [-0.39, 0.29) is 19.1 Å². The first kappa shape index (κ1) is 21.4. The molecule has 0 aliphatic rings. The van der Waals surface area contributed by atoms with Crippen LogP contribution in [0.2, 0.25) is 0 Å². The molecule has 0 bridgehead atoms. The van der Waals surface area contributed by atoms with E-state index in [1.165, 1.54) is 0 Å². The normalized spacial score (nSPS) is 11.0. The highest BCUT2D eigenvalue weighted by atomic mass is 16.3. The van der Waals surface area contributed by atoms with Gasteiger partial charge in [0.15, 0.2) is 5.82 Å². The molecule has 5 aromatic rings. The zero-order chi connectivity index (χ0) is 23.3.